The van der Waals surface area contributed by atoms with Gasteiger partial charge in [0.25, 0.3) is 5.69 Å². The van der Waals surface area contributed by atoms with Gasteiger partial charge in [0.15, 0.2) is 11.5 Å². The van der Waals surface area contributed by atoms with Gasteiger partial charge in [0.2, 0.25) is 5.88 Å². The number of methoxy groups -OCH3 is 1. The number of benzene rings is 1. The topological polar surface area (TPSA) is 150 Å². The number of nitriles is 1. The zero-order valence-corrected chi connectivity index (χ0v) is 12.0. The predicted octanol–water partition coefficient (Wildman–Crippen LogP) is 1.73. The number of hydrogen-bond donors (Lipinski definition) is 2. The van der Waals surface area contributed by atoms with Gasteiger partial charge >= 0.3 is 0 Å². The number of anilines is 2. The van der Waals surface area contributed by atoms with E-state index in [1.807, 2.05) is 6.07 Å². The second-order valence-electron chi connectivity index (χ2n) is 4.85. The Kier molecular flexibility index (Phi) is 3.15. The monoisotopic (exact) mass is 313 g/mol. The van der Waals surface area contributed by atoms with Crippen LogP contribution in [0.4, 0.5) is 17.2 Å². The minimum atomic E-state index is -0.524. The Morgan fingerprint density at radius 2 is 2.22 bits per heavy atom. The maximum Gasteiger partial charge on any atom is 0.273 e. The van der Waals surface area contributed by atoms with E-state index in [0.29, 0.717) is 16.9 Å². The fourth-order valence-corrected chi connectivity index (χ4v) is 2.44. The molecule has 23 heavy (non-hydrogen) atoms. The average molecular weight is 313 g/mol. The summed E-state index contributed by atoms with van der Waals surface area (Å²) in [6.45, 7) is 0. The van der Waals surface area contributed by atoms with Crippen LogP contribution in [0.3, 0.4) is 0 Å². The van der Waals surface area contributed by atoms with Crippen molar-refractivity contribution in [3.63, 3.8) is 0 Å². The molecule has 0 bridgehead atoms. The van der Waals surface area contributed by atoms with E-state index < -0.39 is 4.92 Å². The summed E-state index contributed by atoms with van der Waals surface area (Å²) in [7, 11) is 1.38. The Morgan fingerprint density at radius 3 is 2.83 bits per heavy atom. The van der Waals surface area contributed by atoms with Crippen LogP contribution in [0.5, 0.6) is 17.4 Å². The lowest BCUT2D eigenvalue weighted by atomic mass is 9.98. The molecule has 2 heterocycles. The van der Waals surface area contributed by atoms with Crippen molar-refractivity contribution in [3.8, 4) is 23.4 Å². The van der Waals surface area contributed by atoms with Crippen LogP contribution in [0.1, 0.15) is 16.7 Å². The Labute approximate surface area is 130 Å². The molecule has 1 aliphatic heterocycles. The number of nitrogen functional groups attached to an aromatic ring is 2. The van der Waals surface area contributed by atoms with Gasteiger partial charge in [0, 0.05) is 23.6 Å². The molecular formula is C14H11N5O4. The molecule has 0 saturated carbocycles. The van der Waals surface area contributed by atoms with Crippen LogP contribution < -0.4 is 20.9 Å². The van der Waals surface area contributed by atoms with Crippen molar-refractivity contribution in [1.82, 2.24) is 4.98 Å². The molecule has 4 N–H and O–H groups in total. The summed E-state index contributed by atoms with van der Waals surface area (Å²) in [6, 6.07) is 4.53. The Balaban J connectivity index is 2.20. The summed E-state index contributed by atoms with van der Waals surface area (Å²) in [5.41, 5.74) is 12.7. The molecule has 1 aromatic carbocycles. The highest BCUT2D eigenvalue weighted by atomic mass is 16.6. The number of fused-ring (bicyclic) bond motifs is 2. The Morgan fingerprint density at radius 1 is 1.48 bits per heavy atom. The van der Waals surface area contributed by atoms with E-state index in [1.165, 1.54) is 19.2 Å². The van der Waals surface area contributed by atoms with Crippen molar-refractivity contribution in [2.45, 2.75) is 6.42 Å². The number of non-ortho nitro benzene ring substituents is 1. The molecule has 0 fully saturated rings. The summed E-state index contributed by atoms with van der Waals surface area (Å²) >= 11 is 0. The third-order valence-electron chi connectivity index (χ3n) is 3.56. The van der Waals surface area contributed by atoms with E-state index in [9.17, 15) is 10.1 Å². The van der Waals surface area contributed by atoms with Gasteiger partial charge in [-0.25, -0.2) is 0 Å². The summed E-state index contributed by atoms with van der Waals surface area (Å²) in [5, 5.41) is 20.1. The molecule has 3 rings (SSSR count). The SMILES string of the molecule is COc1cc([N+](=O)[O-])cc2c1Oc1nc(N)c(C#N)c(N)c1C2. The molecule has 0 atom stereocenters. The first-order valence-corrected chi connectivity index (χ1v) is 6.47. The highest BCUT2D eigenvalue weighted by Crippen LogP contribution is 2.46. The minimum absolute atomic E-state index is 0.0342. The van der Waals surface area contributed by atoms with E-state index in [0.717, 1.165) is 0 Å². The second-order valence-corrected chi connectivity index (χ2v) is 4.85. The first-order valence-electron chi connectivity index (χ1n) is 6.47. The predicted molar refractivity (Wildman–Crippen MR) is 80.3 cm³/mol. The van der Waals surface area contributed by atoms with Crippen molar-refractivity contribution < 1.29 is 14.4 Å². The van der Waals surface area contributed by atoms with Crippen LogP contribution in [0.25, 0.3) is 0 Å². The second kappa shape index (κ2) is 5.03. The molecule has 2 aromatic rings. The molecule has 9 nitrogen and oxygen atoms in total. The van der Waals surface area contributed by atoms with Crippen LogP contribution in [0.15, 0.2) is 12.1 Å². The van der Waals surface area contributed by atoms with Crippen LogP contribution in [-0.4, -0.2) is 17.0 Å². The molecular weight excluding hydrogens is 302 g/mol. The molecule has 0 saturated heterocycles. The normalized spacial score (nSPS) is 11.7. The number of rotatable bonds is 2. The summed E-state index contributed by atoms with van der Waals surface area (Å²) < 4.78 is 10.8. The van der Waals surface area contributed by atoms with Crippen molar-refractivity contribution in [2.75, 3.05) is 18.6 Å². The van der Waals surface area contributed by atoms with Crippen molar-refractivity contribution in [2.24, 2.45) is 0 Å². The lowest BCUT2D eigenvalue weighted by Crippen LogP contribution is -2.12. The van der Waals surface area contributed by atoms with E-state index in [1.54, 1.807) is 0 Å². The van der Waals surface area contributed by atoms with E-state index in [2.05, 4.69) is 4.98 Å². The molecule has 1 aromatic heterocycles. The number of hydrogen-bond acceptors (Lipinski definition) is 8. The average Bonchev–Trinajstić information content (AvgIpc) is 2.52. The van der Waals surface area contributed by atoms with Gasteiger partial charge in [-0.15, -0.1) is 0 Å². The van der Waals surface area contributed by atoms with Crippen molar-refractivity contribution in [3.05, 3.63) is 38.9 Å². The Hall–Kier alpha value is -3.54. The molecule has 116 valence electrons. The zero-order valence-electron chi connectivity index (χ0n) is 12.0. The maximum absolute atomic E-state index is 11.0. The van der Waals surface area contributed by atoms with Crippen LogP contribution in [0, 0.1) is 21.4 Å². The summed E-state index contributed by atoms with van der Waals surface area (Å²) in [4.78, 5) is 14.5. The number of nitrogens with zero attached hydrogens (tertiary/aromatic N) is 3. The first-order chi connectivity index (χ1) is 11.0. The van der Waals surface area contributed by atoms with Gasteiger partial charge in [-0.2, -0.15) is 10.2 Å². The fraction of sp³-hybridized carbons (Fsp3) is 0.143. The van der Waals surface area contributed by atoms with Gasteiger partial charge < -0.3 is 20.9 Å². The number of nitrogens with two attached hydrogens (primary N) is 2. The highest BCUT2D eigenvalue weighted by molar-refractivity contribution is 5.73. The number of ether oxygens (including phenoxy) is 2. The Bertz CT molecular complexity index is 888. The molecule has 0 spiro atoms. The molecule has 0 aliphatic carbocycles. The number of pyridine rings is 1. The summed E-state index contributed by atoms with van der Waals surface area (Å²) in [6.07, 6.45) is 0.219. The highest BCUT2D eigenvalue weighted by Gasteiger charge is 2.28. The van der Waals surface area contributed by atoms with Crippen LogP contribution in [-0.2, 0) is 6.42 Å². The smallest absolute Gasteiger partial charge is 0.273 e. The van der Waals surface area contributed by atoms with Crippen LogP contribution >= 0.6 is 0 Å². The maximum atomic E-state index is 11.0. The molecule has 9 heteroatoms. The molecule has 0 unspecified atom stereocenters. The number of aromatic nitrogens is 1. The molecule has 1 aliphatic rings. The van der Waals surface area contributed by atoms with Crippen molar-refractivity contribution >= 4 is 17.2 Å². The van der Waals surface area contributed by atoms with E-state index in [-0.39, 0.29) is 40.8 Å². The van der Waals surface area contributed by atoms with Crippen LogP contribution in [0.2, 0.25) is 0 Å². The lowest BCUT2D eigenvalue weighted by molar-refractivity contribution is -0.385. The van der Waals surface area contributed by atoms with Gasteiger partial charge in [-0.1, -0.05) is 0 Å². The third-order valence-corrected chi connectivity index (χ3v) is 3.56. The fourth-order valence-electron chi connectivity index (χ4n) is 2.44. The van der Waals surface area contributed by atoms with Gasteiger partial charge in [0.05, 0.1) is 23.8 Å². The number of nitro benzene ring substituents is 1. The molecule has 0 radical (unpaired) electrons. The van der Waals surface area contributed by atoms with Gasteiger partial charge in [-0.05, 0) is 0 Å². The minimum Gasteiger partial charge on any atom is -0.493 e. The lowest BCUT2D eigenvalue weighted by Gasteiger charge is -2.23. The van der Waals surface area contributed by atoms with Gasteiger partial charge in [0.1, 0.15) is 17.5 Å². The largest absolute Gasteiger partial charge is 0.493 e. The first kappa shape index (κ1) is 14.4. The standard InChI is InChI=1S/C14H11N5O4/c1-22-10-4-7(19(20)21)2-6-3-8-11(16)9(5-15)13(17)18-14(8)23-12(6)10/h2,4H,3H2,1H3,(H4,16,17,18). The quantitative estimate of drug-likeness (QED) is 0.536. The summed E-state index contributed by atoms with van der Waals surface area (Å²) in [5.74, 6) is 0.663. The van der Waals surface area contributed by atoms with Crippen molar-refractivity contribution in [1.29, 1.82) is 5.26 Å². The zero-order chi connectivity index (χ0) is 16.7. The van der Waals surface area contributed by atoms with E-state index >= 15 is 0 Å². The van der Waals surface area contributed by atoms with E-state index in [4.69, 9.17) is 26.2 Å². The molecule has 0 amide bonds. The van der Waals surface area contributed by atoms with Gasteiger partial charge in [-0.3, -0.25) is 10.1 Å². The third kappa shape index (κ3) is 2.13. The number of nitro groups is 1.